The molecule has 1 amide bonds. The number of hydrogen-bond donors (Lipinski definition) is 1. The number of rotatable bonds is 8. The van der Waals surface area contributed by atoms with Gasteiger partial charge in [-0.2, -0.15) is 0 Å². The van der Waals surface area contributed by atoms with Gasteiger partial charge in [-0.25, -0.2) is 8.78 Å². The number of nitrogens with one attached hydrogen (secondary N) is 1. The molecular weight excluding hydrogens is 360 g/mol. The van der Waals surface area contributed by atoms with Crippen LogP contribution in [-0.2, 0) is 10.5 Å². The molecule has 2 aromatic carbocycles. The van der Waals surface area contributed by atoms with Crippen LogP contribution in [0, 0.1) is 11.6 Å². The monoisotopic (exact) mass is 379 g/mol. The lowest BCUT2D eigenvalue weighted by atomic mass is 10.1. The summed E-state index contributed by atoms with van der Waals surface area (Å²) in [6.07, 6.45) is 0. The van der Waals surface area contributed by atoms with E-state index < -0.39 is 11.6 Å². The smallest absolute Gasteiger partial charge is 0.234 e. The lowest BCUT2D eigenvalue weighted by Gasteiger charge is -2.11. The zero-order chi connectivity index (χ0) is 19.1. The Morgan fingerprint density at radius 2 is 1.88 bits per heavy atom. The maximum atomic E-state index is 13.2. The molecule has 4 nitrogen and oxygen atoms in total. The Kier molecular flexibility index (Phi) is 7.15. The van der Waals surface area contributed by atoms with Crippen molar-refractivity contribution in [3.05, 3.63) is 59.2 Å². The fourth-order valence-electron chi connectivity index (χ4n) is 2.23. The fourth-order valence-corrected chi connectivity index (χ4v) is 3.04. The number of Topliss-reactive ketones (excluding diaryl/α,β-unsaturated/α-hetero) is 1. The zero-order valence-electron chi connectivity index (χ0n) is 14.5. The van der Waals surface area contributed by atoms with E-state index in [0.717, 1.165) is 17.7 Å². The summed E-state index contributed by atoms with van der Waals surface area (Å²) in [5, 5.41) is 2.51. The summed E-state index contributed by atoms with van der Waals surface area (Å²) in [5.41, 5.74) is 1.60. The predicted molar refractivity (Wildman–Crippen MR) is 98.8 cm³/mol. The van der Waals surface area contributed by atoms with E-state index in [-0.39, 0.29) is 23.1 Å². The first-order chi connectivity index (χ1) is 12.4. The molecule has 2 rings (SSSR count). The van der Waals surface area contributed by atoms with Gasteiger partial charge >= 0.3 is 0 Å². The second-order valence-electron chi connectivity index (χ2n) is 5.48. The fraction of sp³-hybridized carbons (Fsp3) is 0.263. The molecule has 0 radical (unpaired) electrons. The third-order valence-corrected chi connectivity index (χ3v) is 4.44. The molecule has 0 saturated carbocycles. The van der Waals surface area contributed by atoms with E-state index in [9.17, 15) is 18.4 Å². The Hall–Kier alpha value is -2.41. The molecule has 0 aliphatic rings. The Morgan fingerprint density at radius 1 is 1.12 bits per heavy atom. The van der Waals surface area contributed by atoms with E-state index in [1.165, 1.54) is 24.8 Å². The third kappa shape index (κ3) is 5.56. The second-order valence-corrected chi connectivity index (χ2v) is 6.47. The Labute approximate surface area is 154 Å². The molecule has 0 atom stereocenters. The maximum Gasteiger partial charge on any atom is 0.234 e. The molecule has 7 heteroatoms. The highest BCUT2D eigenvalue weighted by Crippen LogP contribution is 2.25. The highest BCUT2D eigenvalue weighted by molar-refractivity contribution is 7.99. The van der Waals surface area contributed by atoms with Crippen molar-refractivity contribution in [1.29, 1.82) is 0 Å². The number of amides is 1. The topological polar surface area (TPSA) is 55.4 Å². The number of benzene rings is 2. The van der Waals surface area contributed by atoms with Gasteiger partial charge in [0.25, 0.3) is 0 Å². The quantitative estimate of drug-likeness (QED) is 0.689. The number of hydrogen-bond acceptors (Lipinski definition) is 4. The van der Waals surface area contributed by atoms with E-state index in [2.05, 4.69) is 5.32 Å². The van der Waals surface area contributed by atoms with E-state index in [1.54, 1.807) is 18.2 Å². The van der Waals surface area contributed by atoms with Gasteiger partial charge in [0.2, 0.25) is 5.91 Å². The van der Waals surface area contributed by atoms with E-state index in [0.29, 0.717) is 23.7 Å². The van der Waals surface area contributed by atoms with Gasteiger partial charge in [0.05, 0.1) is 12.4 Å². The molecule has 0 saturated heterocycles. The number of ether oxygens (including phenoxy) is 1. The number of thioether (sulfide) groups is 1. The average molecular weight is 379 g/mol. The summed E-state index contributed by atoms with van der Waals surface area (Å²) < 4.78 is 31.6. The van der Waals surface area contributed by atoms with Crippen LogP contribution in [0.15, 0.2) is 36.4 Å². The first kappa shape index (κ1) is 19.9. The molecule has 0 bridgehead atoms. The van der Waals surface area contributed by atoms with Crippen LogP contribution in [0.3, 0.4) is 0 Å². The van der Waals surface area contributed by atoms with Gasteiger partial charge in [-0.1, -0.05) is 0 Å². The largest absolute Gasteiger partial charge is 0.494 e. The van der Waals surface area contributed by atoms with Gasteiger partial charge in [-0.3, -0.25) is 9.59 Å². The van der Waals surface area contributed by atoms with Crippen molar-refractivity contribution in [3.8, 4) is 5.75 Å². The molecule has 0 aromatic heterocycles. The van der Waals surface area contributed by atoms with Gasteiger partial charge in [0.15, 0.2) is 17.4 Å². The standard InChI is InChI=1S/C19H19F2NO3S/c1-3-25-18-7-4-13(12(2)23)8-14(18)10-26-11-19(24)22-15-5-6-16(20)17(21)9-15/h4-9H,3,10-11H2,1-2H3,(H,22,24). The van der Waals surface area contributed by atoms with Gasteiger partial charge < -0.3 is 10.1 Å². The van der Waals surface area contributed by atoms with Crippen molar-refractivity contribution in [2.45, 2.75) is 19.6 Å². The summed E-state index contributed by atoms with van der Waals surface area (Å²) in [6, 6.07) is 8.40. The summed E-state index contributed by atoms with van der Waals surface area (Å²) in [5.74, 6) is -1.09. The van der Waals surface area contributed by atoms with Crippen LogP contribution < -0.4 is 10.1 Å². The summed E-state index contributed by atoms with van der Waals surface area (Å²) in [6.45, 7) is 3.85. The minimum atomic E-state index is -1.02. The van der Waals surface area contributed by atoms with Gasteiger partial charge in [-0.05, 0) is 44.2 Å². The van der Waals surface area contributed by atoms with Crippen LogP contribution in [0.2, 0.25) is 0 Å². The summed E-state index contributed by atoms with van der Waals surface area (Å²) >= 11 is 1.33. The summed E-state index contributed by atoms with van der Waals surface area (Å²) in [7, 11) is 0. The molecule has 0 heterocycles. The molecule has 0 aliphatic heterocycles. The molecule has 26 heavy (non-hydrogen) atoms. The minimum absolute atomic E-state index is 0.0459. The van der Waals surface area contributed by atoms with Gasteiger partial charge in [0.1, 0.15) is 5.75 Å². The second kappa shape index (κ2) is 9.33. The average Bonchev–Trinajstić information content (AvgIpc) is 2.59. The molecule has 0 unspecified atom stereocenters. The SMILES string of the molecule is CCOc1ccc(C(C)=O)cc1CSCC(=O)Nc1ccc(F)c(F)c1. The third-order valence-electron chi connectivity index (χ3n) is 3.46. The lowest BCUT2D eigenvalue weighted by molar-refractivity contribution is -0.113. The highest BCUT2D eigenvalue weighted by Gasteiger charge is 2.10. The van der Waals surface area contributed by atoms with Crippen molar-refractivity contribution < 1.29 is 23.1 Å². The van der Waals surface area contributed by atoms with Crippen molar-refractivity contribution in [2.75, 3.05) is 17.7 Å². The normalized spacial score (nSPS) is 10.5. The lowest BCUT2D eigenvalue weighted by Crippen LogP contribution is -2.14. The van der Waals surface area contributed by atoms with Crippen molar-refractivity contribution >= 4 is 29.1 Å². The minimum Gasteiger partial charge on any atom is -0.494 e. The van der Waals surface area contributed by atoms with Crippen LogP contribution in [0.4, 0.5) is 14.5 Å². The van der Waals surface area contributed by atoms with Gasteiger partial charge in [-0.15, -0.1) is 11.8 Å². The molecule has 138 valence electrons. The van der Waals surface area contributed by atoms with Crippen LogP contribution in [0.1, 0.15) is 29.8 Å². The Balaban J connectivity index is 1.95. The van der Waals surface area contributed by atoms with E-state index in [1.807, 2.05) is 6.92 Å². The zero-order valence-corrected chi connectivity index (χ0v) is 15.3. The van der Waals surface area contributed by atoms with E-state index >= 15 is 0 Å². The van der Waals surface area contributed by atoms with Crippen LogP contribution >= 0.6 is 11.8 Å². The van der Waals surface area contributed by atoms with Gasteiger partial charge in [0, 0.05) is 28.6 Å². The van der Waals surface area contributed by atoms with Crippen LogP contribution in [0.5, 0.6) is 5.75 Å². The van der Waals surface area contributed by atoms with Crippen molar-refractivity contribution in [2.24, 2.45) is 0 Å². The first-order valence-electron chi connectivity index (χ1n) is 8.00. The Morgan fingerprint density at radius 3 is 2.54 bits per heavy atom. The van der Waals surface area contributed by atoms with Crippen molar-refractivity contribution in [1.82, 2.24) is 0 Å². The highest BCUT2D eigenvalue weighted by atomic mass is 32.2. The number of carbonyl (C=O) groups is 2. The molecule has 0 aliphatic carbocycles. The van der Waals surface area contributed by atoms with Crippen LogP contribution in [-0.4, -0.2) is 24.1 Å². The molecular formula is C19H19F2NO3S. The molecule has 1 N–H and O–H groups in total. The maximum absolute atomic E-state index is 13.2. The number of ketones is 1. The Bertz CT molecular complexity index is 811. The number of halogens is 2. The molecule has 0 fully saturated rings. The number of anilines is 1. The van der Waals surface area contributed by atoms with Crippen molar-refractivity contribution in [3.63, 3.8) is 0 Å². The summed E-state index contributed by atoms with van der Waals surface area (Å²) in [4.78, 5) is 23.5. The molecule has 0 spiro atoms. The first-order valence-corrected chi connectivity index (χ1v) is 9.15. The number of carbonyl (C=O) groups excluding carboxylic acids is 2. The predicted octanol–water partition coefficient (Wildman–Crippen LogP) is 4.44. The van der Waals surface area contributed by atoms with E-state index in [4.69, 9.17) is 4.74 Å². The molecule has 2 aromatic rings. The van der Waals surface area contributed by atoms with Crippen LogP contribution in [0.25, 0.3) is 0 Å².